The number of carbonyl (C=O) groups excluding carboxylic acids is 1. The number of hydrogen-bond donors (Lipinski definition) is 1. The molecule has 6 nitrogen and oxygen atoms in total. The van der Waals surface area contributed by atoms with Gasteiger partial charge >= 0.3 is 0 Å². The van der Waals surface area contributed by atoms with Crippen LogP contribution in [0.5, 0.6) is 0 Å². The van der Waals surface area contributed by atoms with Gasteiger partial charge in [0.1, 0.15) is 0 Å². The van der Waals surface area contributed by atoms with Crippen molar-refractivity contribution < 1.29 is 4.79 Å². The van der Waals surface area contributed by atoms with Crippen LogP contribution in [0.3, 0.4) is 0 Å². The monoisotopic (exact) mass is 367 g/mol. The predicted octanol–water partition coefficient (Wildman–Crippen LogP) is 2.98. The Balaban J connectivity index is 1.52. The normalized spacial score (nSPS) is 11.9. The quantitative estimate of drug-likeness (QED) is 0.650. The van der Waals surface area contributed by atoms with Crippen LogP contribution in [0.1, 0.15) is 24.0 Å². The molecular formula is C19H21N5OS. The van der Waals surface area contributed by atoms with Crippen LogP contribution in [0.4, 0.5) is 0 Å². The lowest BCUT2D eigenvalue weighted by Gasteiger charge is -2.12. The average molecular weight is 367 g/mol. The van der Waals surface area contributed by atoms with Gasteiger partial charge in [-0.25, -0.2) is 0 Å². The Hall–Kier alpha value is -2.67. The molecule has 3 aromatic rings. The number of tetrazole rings is 1. The molecule has 7 heteroatoms. The Kier molecular flexibility index (Phi) is 6.01. The van der Waals surface area contributed by atoms with Crippen LogP contribution in [0, 0.1) is 6.92 Å². The number of aromatic nitrogens is 4. The van der Waals surface area contributed by atoms with E-state index >= 15 is 0 Å². The van der Waals surface area contributed by atoms with E-state index in [1.807, 2.05) is 49.4 Å². The molecule has 1 N–H and O–H groups in total. The minimum Gasteiger partial charge on any atom is -0.355 e. The van der Waals surface area contributed by atoms with Gasteiger partial charge in [0.05, 0.1) is 11.4 Å². The summed E-state index contributed by atoms with van der Waals surface area (Å²) in [6.07, 6.45) is 0. The molecule has 0 radical (unpaired) electrons. The molecular weight excluding hydrogens is 346 g/mol. The summed E-state index contributed by atoms with van der Waals surface area (Å²) < 4.78 is 1.64. The van der Waals surface area contributed by atoms with Gasteiger partial charge in [-0.1, -0.05) is 66.7 Å². The first-order valence-corrected chi connectivity index (χ1v) is 9.42. The van der Waals surface area contributed by atoms with Gasteiger partial charge < -0.3 is 5.32 Å². The van der Waals surface area contributed by atoms with Crippen molar-refractivity contribution in [2.24, 2.45) is 0 Å². The van der Waals surface area contributed by atoms with Crippen LogP contribution in [0.25, 0.3) is 5.69 Å². The Bertz CT molecular complexity index is 848. The van der Waals surface area contributed by atoms with Gasteiger partial charge in [-0.05, 0) is 41.0 Å². The standard InChI is InChI=1S/C19H21N5OS/c1-14-8-10-17(11-9-14)24-19(21-22-23-24)26-13-18(25)20-12-15(2)16-6-4-3-5-7-16/h3-11,15H,12-13H2,1-2H3,(H,20,25)/t15-/m0/s1. The van der Waals surface area contributed by atoms with E-state index < -0.39 is 0 Å². The van der Waals surface area contributed by atoms with Gasteiger partial charge in [0.2, 0.25) is 11.1 Å². The van der Waals surface area contributed by atoms with Crippen LogP contribution in [-0.4, -0.2) is 38.4 Å². The lowest BCUT2D eigenvalue weighted by molar-refractivity contribution is -0.118. The van der Waals surface area contributed by atoms with Crippen molar-refractivity contribution >= 4 is 17.7 Å². The van der Waals surface area contributed by atoms with Crippen LogP contribution in [0.15, 0.2) is 59.8 Å². The largest absolute Gasteiger partial charge is 0.355 e. The summed E-state index contributed by atoms with van der Waals surface area (Å²) in [5.74, 6) is 0.507. The van der Waals surface area contributed by atoms with Gasteiger partial charge in [-0.15, -0.1) is 5.10 Å². The molecule has 0 unspecified atom stereocenters. The Morgan fingerprint density at radius 2 is 1.88 bits per heavy atom. The summed E-state index contributed by atoms with van der Waals surface area (Å²) in [7, 11) is 0. The van der Waals surface area contributed by atoms with Crippen molar-refractivity contribution in [3.05, 3.63) is 65.7 Å². The summed E-state index contributed by atoms with van der Waals surface area (Å²) in [4.78, 5) is 12.2. The molecule has 0 bridgehead atoms. The number of carbonyl (C=O) groups is 1. The fourth-order valence-electron chi connectivity index (χ4n) is 2.46. The van der Waals surface area contributed by atoms with Crippen LogP contribution < -0.4 is 5.32 Å². The molecule has 0 saturated carbocycles. The van der Waals surface area contributed by atoms with E-state index in [0.717, 1.165) is 5.69 Å². The van der Waals surface area contributed by atoms with Crippen LogP contribution in [-0.2, 0) is 4.79 Å². The maximum atomic E-state index is 12.2. The van der Waals surface area contributed by atoms with Gasteiger partial charge in [-0.2, -0.15) is 4.68 Å². The molecule has 0 aliphatic rings. The van der Waals surface area contributed by atoms with Crippen molar-refractivity contribution in [1.29, 1.82) is 0 Å². The fraction of sp³-hybridized carbons (Fsp3) is 0.263. The molecule has 0 aliphatic carbocycles. The number of nitrogens with zero attached hydrogens (tertiary/aromatic N) is 4. The smallest absolute Gasteiger partial charge is 0.230 e. The van der Waals surface area contributed by atoms with Gasteiger partial charge in [0.25, 0.3) is 0 Å². The van der Waals surface area contributed by atoms with Crippen molar-refractivity contribution in [2.75, 3.05) is 12.3 Å². The summed E-state index contributed by atoms with van der Waals surface area (Å²) in [5.41, 5.74) is 3.26. The lowest BCUT2D eigenvalue weighted by atomic mass is 10.0. The minimum absolute atomic E-state index is 0.0313. The maximum Gasteiger partial charge on any atom is 0.230 e. The third kappa shape index (κ3) is 4.70. The highest BCUT2D eigenvalue weighted by molar-refractivity contribution is 7.99. The zero-order valence-electron chi connectivity index (χ0n) is 14.8. The third-order valence-electron chi connectivity index (χ3n) is 4.03. The molecule has 1 heterocycles. The number of aryl methyl sites for hydroxylation is 1. The van der Waals surface area contributed by atoms with E-state index in [-0.39, 0.29) is 17.6 Å². The zero-order chi connectivity index (χ0) is 18.4. The van der Waals surface area contributed by atoms with E-state index in [2.05, 4.69) is 39.9 Å². The summed E-state index contributed by atoms with van der Waals surface area (Å²) in [6.45, 7) is 4.73. The lowest BCUT2D eigenvalue weighted by Crippen LogP contribution is -2.29. The average Bonchev–Trinajstić information content (AvgIpc) is 3.14. The molecule has 134 valence electrons. The van der Waals surface area contributed by atoms with E-state index in [1.165, 1.54) is 22.9 Å². The van der Waals surface area contributed by atoms with Gasteiger partial charge in [0.15, 0.2) is 0 Å². The predicted molar refractivity (Wildman–Crippen MR) is 102 cm³/mol. The molecule has 1 amide bonds. The molecule has 1 aromatic heterocycles. The SMILES string of the molecule is Cc1ccc(-n2nnnc2SCC(=O)NC[C@H](C)c2ccccc2)cc1. The molecule has 1 atom stereocenters. The highest BCUT2D eigenvalue weighted by Gasteiger charge is 2.12. The van der Waals surface area contributed by atoms with Crippen LogP contribution >= 0.6 is 11.8 Å². The number of benzene rings is 2. The molecule has 0 fully saturated rings. The Labute approximate surface area is 157 Å². The number of amides is 1. The second-order valence-corrected chi connectivity index (χ2v) is 7.06. The second-order valence-electron chi connectivity index (χ2n) is 6.11. The van der Waals surface area contributed by atoms with E-state index in [0.29, 0.717) is 11.7 Å². The second kappa shape index (κ2) is 8.62. The highest BCUT2D eigenvalue weighted by atomic mass is 32.2. The number of rotatable bonds is 7. The first-order valence-electron chi connectivity index (χ1n) is 8.43. The summed E-state index contributed by atoms with van der Waals surface area (Å²) >= 11 is 1.32. The zero-order valence-corrected chi connectivity index (χ0v) is 15.6. The molecule has 0 spiro atoms. The number of hydrogen-bond acceptors (Lipinski definition) is 5. The molecule has 0 saturated heterocycles. The molecule has 0 aliphatic heterocycles. The molecule has 2 aromatic carbocycles. The number of nitrogens with one attached hydrogen (secondary N) is 1. The summed E-state index contributed by atoms with van der Waals surface area (Å²) in [5, 5.41) is 15.3. The fourth-order valence-corrected chi connectivity index (χ4v) is 3.19. The maximum absolute atomic E-state index is 12.2. The van der Waals surface area contributed by atoms with E-state index in [1.54, 1.807) is 4.68 Å². The number of thioether (sulfide) groups is 1. The molecule has 3 rings (SSSR count). The van der Waals surface area contributed by atoms with E-state index in [4.69, 9.17) is 0 Å². The first kappa shape index (κ1) is 18.1. The van der Waals surface area contributed by atoms with E-state index in [9.17, 15) is 4.79 Å². The van der Waals surface area contributed by atoms with Crippen molar-refractivity contribution in [2.45, 2.75) is 24.9 Å². The van der Waals surface area contributed by atoms with Crippen molar-refractivity contribution in [3.8, 4) is 5.69 Å². The van der Waals surface area contributed by atoms with Crippen molar-refractivity contribution in [3.63, 3.8) is 0 Å². The minimum atomic E-state index is -0.0313. The van der Waals surface area contributed by atoms with Crippen molar-refractivity contribution in [1.82, 2.24) is 25.5 Å². The van der Waals surface area contributed by atoms with Gasteiger partial charge in [-0.3, -0.25) is 4.79 Å². The third-order valence-corrected chi connectivity index (χ3v) is 4.95. The first-order chi connectivity index (χ1) is 12.6. The van der Waals surface area contributed by atoms with Crippen LogP contribution in [0.2, 0.25) is 0 Å². The van der Waals surface area contributed by atoms with Gasteiger partial charge in [0, 0.05) is 6.54 Å². The Morgan fingerprint density at radius 3 is 2.62 bits per heavy atom. The summed E-state index contributed by atoms with van der Waals surface area (Å²) in [6, 6.07) is 18.1. The topological polar surface area (TPSA) is 72.7 Å². The highest BCUT2D eigenvalue weighted by Crippen LogP contribution is 2.18. The Morgan fingerprint density at radius 1 is 1.15 bits per heavy atom. The molecule has 26 heavy (non-hydrogen) atoms.